The number of sulfonamides is 1. The third-order valence-corrected chi connectivity index (χ3v) is 4.74. The summed E-state index contributed by atoms with van der Waals surface area (Å²) >= 11 is 0. The molecule has 0 unspecified atom stereocenters. The number of nitrogens with one attached hydrogen (secondary N) is 2. The largest absolute Gasteiger partial charge is 0.350 e. The van der Waals surface area contributed by atoms with E-state index in [0.29, 0.717) is 12.5 Å². The molecule has 8 heteroatoms. The van der Waals surface area contributed by atoms with Crippen LogP contribution in [-0.2, 0) is 10.0 Å². The predicted octanol–water partition coefficient (Wildman–Crippen LogP) is 0.676. The Balaban J connectivity index is 2.06. The van der Waals surface area contributed by atoms with Gasteiger partial charge in [-0.1, -0.05) is 19.3 Å². The molecule has 1 aromatic rings. The first kappa shape index (κ1) is 15.0. The summed E-state index contributed by atoms with van der Waals surface area (Å²) in [4.78, 5) is 11.8. The van der Waals surface area contributed by atoms with Crippen molar-refractivity contribution in [2.45, 2.75) is 43.9 Å². The van der Waals surface area contributed by atoms with Crippen LogP contribution in [-0.4, -0.2) is 31.1 Å². The van der Waals surface area contributed by atoms with E-state index in [1.54, 1.807) is 0 Å². The van der Waals surface area contributed by atoms with Crippen molar-refractivity contribution in [3.8, 4) is 0 Å². The Hall–Kier alpha value is -1.41. The fraction of sp³-hybridized carbons (Fsp3) is 0.667. The Morgan fingerprint density at radius 2 is 2.05 bits per heavy atom. The first-order chi connectivity index (χ1) is 9.39. The van der Waals surface area contributed by atoms with Crippen molar-refractivity contribution < 1.29 is 13.2 Å². The summed E-state index contributed by atoms with van der Waals surface area (Å²) < 4.78 is 23.0. The molecule has 112 valence electrons. The lowest BCUT2D eigenvalue weighted by atomic mass is 9.89. The van der Waals surface area contributed by atoms with Crippen LogP contribution in [0.5, 0.6) is 0 Å². The van der Waals surface area contributed by atoms with Crippen LogP contribution in [0.15, 0.2) is 4.90 Å². The summed E-state index contributed by atoms with van der Waals surface area (Å²) in [6, 6.07) is 0. The Morgan fingerprint density at radius 3 is 2.65 bits per heavy atom. The van der Waals surface area contributed by atoms with Crippen molar-refractivity contribution in [2.75, 3.05) is 6.54 Å². The molecule has 0 saturated heterocycles. The highest BCUT2D eigenvalue weighted by molar-refractivity contribution is 7.89. The van der Waals surface area contributed by atoms with Crippen LogP contribution in [0.3, 0.4) is 0 Å². The topological polar surface area (TPSA) is 118 Å². The first-order valence-electron chi connectivity index (χ1n) is 6.75. The highest BCUT2D eigenvalue weighted by Crippen LogP contribution is 2.23. The third-order valence-electron chi connectivity index (χ3n) is 3.67. The Bertz CT molecular complexity index is 588. The lowest BCUT2D eigenvalue weighted by Crippen LogP contribution is -2.32. The zero-order valence-electron chi connectivity index (χ0n) is 11.5. The molecule has 4 N–H and O–H groups in total. The molecule has 20 heavy (non-hydrogen) atoms. The summed E-state index contributed by atoms with van der Waals surface area (Å²) in [6.45, 7) is 2.07. The number of H-pyrrole nitrogens is 1. The Morgan fingerprint density at radius 1 is 1.40 bits per heavy atom. The van der Waals surface area contributed by atoms with Gasteiger partial charge < -0.3 is 5.32 Å². The molecule has 1 saturated carbocycles. The van der Waals surface area contributed by atoms with Crippen LogP contribution < -0.4 is 10.5 Å². The monoisotopic (exact) mass is 300 g/mol. The number of aromatic nitrogens is 2. The molecule has 0 aliphatic heterocycles. The van der Waals surface area contributed by atoms with Crippen LogP contribution in [0.25, 0.3) is 0 Å². The van der Waals surface area contributed by atoms with Gasteiger partial charge in [0, 0.05) is 6.54 Å². The van der Waals surface area contributed by atoms with Crippen molar-refractivity contribution in [1.82, 2.24) is 15.5 Å². The van der Waals surface area contributed by atoms with Crippen molar-refractivity contribution in [2.24, 2.45) is 11.1 Å². The minimum atomic E-state index is -3.96. The maximum Gasteiger partial charge on any atom is 0.273 e. The summed E-state index contributed by atoms with van der Waals surface area (Å²) in [6.07, 6.45) is 5.82. The van der Waals surface area contributed by atoms with Gasteiger partial charge in [0.2, 0.25) is 10.0 Å². The second-order valence-electron chi connectivity index (χ2n) is 5.29. The molecule has 0 spiro atoms. The molecule has 1 amide bonds. The molecule has 0 atom stereocenters. The van der Waals surface area contributed by atoms with Gasteiger partial charge in [-0.05, 0) is 25.7 Å². The summed E-state index contributed by atoms with van der Waals surface area (Å²) in [7, 11) is -3.96. The molecule has 1 fully saturated rings. The third kappa shape index (κ3) is 3.37. The number of carbonyl (C=O) groups is 1. The quantitative estimate of drug-likeness (QED) is 0.757. The average molecular weight is 300 g/mol. The normalized spacial score (nSPS) is 17.1. The standard InChI is InChI=1S/C12H20N4O3S/c1-8-11(20(13,18)19)10(16-15-8)12(17)14-7-9-5-3-2-4-6-9/h9H,2-7H2,1H3,(H,14,17)(H,15,16)(H2,13,18,19). The van der Waals surface area contributed by atoms with E-state index in [1.165, 1.54) is 26.2 Å². The van der Waals surface area contributed by atoms with Crippen LogP contribution in [0.4, 0.5) is 0 Å². The molecular weight excluding hydrogens is 280 g/mol. The lowest BCUT2D eigenvalue weighted by Gasteiger charge is -2.21. The van der Waals surface area contributed by atoms with Gasteiger partial charge in [0.15, 0.2) is 5.69 Å². The Labute approximate surface area is 118 Å². The fourth-order valence-corrected chi connectivity index (χ4v) is 3.51. The molecular formula is C12H20N4O3S. The number of nitrogens with two attached hydrogens (primary N) is 1. The van der Waals surface area contributed by atoms with Crippen LogP contribution >= 0.6 is 0 Å². The number of primary sulfonamides is 1. The average Bonchev–Trinajstić information content (AvgIpc) is 2.79. The van der Waals surface area contributed by atoms with Crippen molar-refractivity contribution in [3.05, 3.63) is 11.4 Å². The zero-order chi connectivity index (χ0) is 14.8. The first-order valence-corrected chi connectivity index (χ1v) is 8.30. The van der Waals surface area contributed by atoms with E-state index in [9.17, 15) is 13.2 Å². The SMILES string of the molecule is Cc1[nH]nc(C(=O)NCC2CCCCC2)c1S(N)(=O)=O. The van der Waals surface area contributed by atoms with Crippen molar-refractivity contribution in [1.29, 1.82) is 0 Å². The predicted molar refractivity (Wildman–Crippen MR) is 73.6 cm³/mol. The second-order valence-corrected chi connectivity index (χ2v) is 6.78. The van der Waals surface area contributed by atoms with E-state index in [2.05, 4.69) is 15.5 Å². The summed E-state index contributed by atoms with van der Waals surface area (Å²) in [5, 5.41) is 14.1. The van der Waals surface area contributed by atoms with E-state index in [-0.39, 0.29) is 16.3 Å². The van der Waals surface area contributed by atoms with Crippen molar-refractivity contribution in [3.63, 3.8) is 0 Å². The summed E-state index contributed by atoms with van der Waals surface area (Å²) in [5.41, 5.74) is 0.121. The van der Waals surface area contributed by atoms with Gasteiger partial charge in [0.25, 0.3) is 5.91 Å². The number of hydrogen-bond donors (Lipinski definition) is 3. The molecule has 1 aromatic heterocycles. The van der Waals surface area contributed by atoms with Gasteiger partial charge in [0.1, 0.15) is 4.90 Å². The number of nitrogens with zero attached hydrogens (tertiary/aromatic N) is 1. The van der Waals surface area contributed by atoms with Crippen LogP contribution in [0.1, 0.15) is 48.3 Å². The van der Waals surface area contributed by atoms with Gasteiger partial charge >= 0.3 is 0 Å². The molecule has 2 rings (SSSR count). The molecule has 1 heterocycles. The lowest BCUT2D eigenvalue weighted by molar-refractivity contribution is 0.0935. The number of hydrogen-bond acceptors (Lipinski definition) is 4. The van der Waals surface area contributed by atoms with Crippen LogP contribution in [0, 0.1) is 12.8 Å². The van der Waals surface area contributed by atoms with Crippen molar-refractivity contribution >= 4 is 15.9 Å². The molecule has 0 bridgehead atoms. The highest BCUT2D eigenvalue weighted by Gasteiger charge is 2.26. The van der Waals surface area contributed by atoms with E-state index in [1.807, 2.05) is 0 Å². The smallest absolute Gasteiger partial charge is 0.273 e. The van der Waals surface area contributed by atoms with E-state index < -0.39 is 15.9 Å². The molecule has 7 nitrogen and oxygen atoms in total. The van der Waals surface area contributed by atoms with Gasteiger partial charge in [-0.15, -0.1) is 0 Å². The second kappa shape index (κ2) is 5.92. The number of aryl methyl sites for hydroxylation is 1. The molecule has 1 aliphatic carbocycles. The molecule has 0 aromatic carbocycles. The minimum Gasteiger partial charge on any atom is -0.350 e. The van der Waals surface area contributed by atoms with E-state index in [0.717, 1.165) is 12.8 Å². The number of carbonyl (C=O) groups excluding carboxylic acids is 1. The summed E-state index contributed by atoms with van der Waals surface area (Å²) in [5.74, 6) is -0.0328. The Kier molecular flexibility index (Phi) is 4.44. The van der Waals surface area contributed by atoms with E-state index in [4.69, 9.17) is 5.14 Å². The van der Waals surface area contributed by atoms with Gasteiger partial charge in [0.05, 0.1) is 5.69 Å². The minimum absolute atomic E-state index is 0.152. The van der Waals surface area contributed by atoms with Gasteiger partial charge in [-0.25, -0.2) is 13.6 Å². The highest BCUT2D eigenvalue weighted by atomic mass is 32.2. The molecule has 0 radical (unpaired) electrons. The van der Waals surface area contributed by atoms with Crippen LogP contribution in [0.2, 0.25) is 0 Å². The number of rotatable bonds is 4. The zero-order valence-corrected chi connectivity index (χ0v) is 12.3. The maximum atomic E-state index is 12.1. The van der Waals surface area contributed by atoms with E-state index >= 15 is 0 Å². The van der Waals surface area contributed by atoms with Gasteiger partial charge in [-0.2, -0.15) is 5.10 Å². The number of amides is 1. The van der Waals surface area contributed by atoms with Gasteiger partial charge in [-0.3, -0.25) is 9.89 Å². The maximum absolute atomic E-state index is 12.1. The fourth-order valence-electron chi connectivity index (χ4n) is 2.63. The molecule has 1 aliphatic rings. The number of aromatic amines is 1.